The first-order chi connectivity index (χ1) is 10.0. The second kappa shape index (κ2) is 8.10. The molecule has 1 aromatic rings. The van der Waals surface area contributed by atoms with Gasteiger partial charge in [-0.15, -0.1) is 10.2 Å². The van der Waals surface area contributed by atoms with Crippen LogP contribution in [0.1, 0.15) is 31.7 Å². The summed E-state index contributed by atoms with van der Waals surface area (Å²) in [5, 5.41) is 29.9. The van der Waals surface area contributed by atoms with Gasteiger partial charge in [-0.05, 0) is 12.8 Å². The van der Waals surface area contributed by atoms with Gasteiger partial charge < -0.3 is 15.5 Å². The number of aliphatic hydroxyl groups is 1. The number of hydrogen-bond acceptors (Lipinski definition) is 6. The third kappa shape index (κ3) is 4.95. The molecule has 0 unspecified atom stereocenters. The number of aromatic nitrogens is 3. The van der Waals surface area contributed by atoms with Crippen LogP contribution in [0, 0.1) is 0 Å². The van der Waals surface area contributed by atoms with E-state index < -0.39 is 18.0 Å². The third-order valence-corrected chi connectivity index (χ3v) is 2.76. The van der Waals surface area contributed by atoms with E-state index in [4.69, 9.17) is 10.2 Å². The van der Waals surface area contributed by atoms with Crippen molar-refractivity contribution in [2.24, 2.45) is 0 Å². The molecule has 1 heterocycles. The van der Waals surface area contributed by atoms with Gasteiger partial charge in [-0.1, -0.05) is 13.8 Å². The highest BCUT2D eigenvalue weighted by atomic mass is 16.4. The van der Waals surface area contributed by atoms with Gasteiger partial charge in [0.05, 0.1) is 11.4 Å². The predicted octanol–water partition coefficient (Wildman–Crippen LogP) is -0.0465. The molecule has 0 aliphatic carbocycles. The first kappa shape index (κ1) is 16.8. The molecular weight excluding hydrogens is 278 g/mol. The van der Waals surface area contributed by atoms with Crippen molar-refractivity contribution in [3.05, 3.63) is 11.4 Å². The lowest BCUT2D eigenvalue weighted by Gasteiger charge is -2.13. The van der Waals surface area contributed by atoms with Gasteiger partial charge in [0.1, 0.15) is 6.04 Å². The molecule has 1 aromatic heterocycles. The van der Waals surface area contributed by atoms with E-state index in [1.165, 1.54) is 0 Å². The van der Waals surface area contributed by atoms with Gasteiger partial charge in [0.15, 0.2) is 0 Å². The lowest BCUT2D eigenvalue weighted by Crippen LogP contribution is -2.43. The molecule has 21 heavy (non-hydrogen) atoms. The Bertz CT molecular complexity index is 508. The van der Waals surface area contributed by atoms with Crippen molar-refractivity contribution in [1.29, 1.82) is 0 Å². The van der Waals surface area contributed by atoms with Crippen molar-refractivity contribution < 1.29 is 19.8 Å². The molecule has 9 heteroatoms. The zero-order chi connectivity index (χ0) is 15.8. The SMILES string of the molecule is CCc1nnc(NC(=O)N[C@H](CCO)C(=O)O)nc1CC. The lowest BCUT2D eigenvalue weighted by atomic mass is 10.2. The molecule has 0 aliphatic heterocycles. The molecule has 0 aliphatic rings. The summed E-state index contributed by atoms with van der Waals surface area (Å²) in [7, 11) is 0. The van der Waals surface area contributed by atoms with E-state index in [1.807, 2.05) is 13.8 Å². The minimum atomic E-state index is -1.23. The number of carbonyl (C=O) groups is 2. The van der Waals surface area contributed by atoms with Gasteiger partial charge in [0, 0.05) is 13.0 Å². The molecule has 4 N–H and O–H groups in total. The van der Waals surface area contributed by atoms with Crippen LogP contribution in [0.4, 0.5) is 10.7 Å². The van der Waals surface area contributed by atoms with E-state index in [0.29, 0.717) is 12.8 Å². The minimum absolute atomic E-state index is 0.00897. The molecule has 9 nitrogen and oxygen atoms in total. The van der Waals surface area contributed by atoms with E-state index >= 15 is 0 Å². The van der Waals surface area contributed by atoms with Crippen molar-refractivity contribution >= 4 is 17.9 Å². The number of nitrogens with one attached hydrogen (secondary N) is 2. The molecule has 0 radical (unpaired) electrons. The van der Waals surface area contributed by atoms with Crippen LogP contribution in [0.15, 0.2) is 0 Å². The van der Waals surface area contributed by atoms with Crippen LogP contribution in [0.5, 0.6) is 0 Å². The fourth-order valence-electron chi connectivity index (χ4n) is 1.67. The van der Waals surface area contributed by atoms with Crippen molar-refractivity contribution in [3.8, 4) is 0 Å². The monoisotopic (exact) mass is 297 g/mol. The maximum atomic E-state index is 11.7. The number of carbonyl (C=O) groups excluding carboxylic acids is 1. The Hall–Kier alpha value is -2.29. The quantitative estimate of drug-likeness (QED) is 0.553. The normalized spacial score (nSPS) is 11.8. The van der Waals surface area contributed by atoms with E-state index in [9.17, 15) is 9.59 Å². The predicted molar refractivity (Wildman–Crippen MR) is 73.9 cm³/mol. The summed E-state index contributed by atoms with van der Waals surface area (Å²) < 4.78 is 0. The Morgan fingerprint density at radius 3 is 2.38 bits per heavy atom. The molecule has 116 valence electrons. The summed E-state index contributed by atoms with van der Waals surface area (Å²) in [4.78, 5) is 26.7. The fraction of sp³-hybridized carbons (Fsp3) is 0.583. The number of aliphatic hydroxyl groups excluding tert-OH is 1. The molecule has 1 atom stereocenters. The Morgan fingerprint density at radius 1 is 1.19 bits per heavy atom. The summed E-state index contributed by atoms with van der Waals surface area (Å²) >= 11 is 0. The third-order valence-electron chi connectivity index (χ3n) is 2.76. The number of aliphatic carboxylic acids is 1. The topological polar surface area (TPSA) is 137 Å². The minimum Gasteiger partial charge on any atom is -0.480 e. The summed E-state index contributed by atoms with van der Waals surface area (Å²) in [5.41, 5.74) is 1.49. The molecule has 0 bridgehead atoms. The second-order valence-electron chi connectivity index (χ2n) is 4.24. The maximum Gasteiger partial charge on any atom is 0.326 e. The number of nitrogens with zero attached hydrogens (tertiary/aromatic N) is 3. The summed E-state index contributed by atoms with van der Waals surface area (Å²) in [6, 6.07) is -1.94. The first-order valence-corrected chi connectivity index (χ1v) is 6.65. The van der Waals surface area contributed by atoms with Crippen LogP contribution in [0.2, 0.25) is 0 Å². The van der Waals surface area contributed by atoms with Gasteiger partial charge in [0.2, 0.25) is 0 Å². The standard InChI is InChI=1S/C12H19N5O4/c1-3-7-8(4-2)16-17-11(13-7)15-12(21)14-9(5-6-18)10(19)20/h9,18H,3-6H2,1-2H3,(H,19,20)(H2,13,14,15,17,21)/t9-/m1/s1. The summed E-state index contributed by atoms with van der Waals surface area (Å²) in [6.07, 6.45) is 1.25. The van der Waals surface area contributed by atoms with Crippen LogP contribution < -0.4 is 10.6 Å². The highest BCUT2D eigenvalue weighted by molar-refractivity contribution is 5.90. The smallest absolute Gasteiger partial charge is 0.326 e. The van der Waals surface area contributed by atoms with Gasteiger partial charge in [-0.3, -0.25) is 5.32 Å². The molecule has 0 saturated carbocycles. The average molecular weight is 297 g/mol. The van der Waals surface area contributed by atoms with Crippen LogP contribution in [-0.4, -0.2) is 50.0 Å². The van der Waals surface area contributed by atoms with Crippen molar-refractivity contribution in [3.63, 3.8) is 0 Å². The number of rotatable bonds is 7. The summed E-state index contributed by atoms with van der Waals surface area (Å²) in [5.74, 6) is -1.22. The number of carboxylic acid groups (broad SMARTS) is 1. The highest BCUT2D eigenvalue weighted by Gasteiger charge is 2.19. The Morgan fingerprint density at radius 2 is 1.86 bits per heavy atom. The first-order valence-electron chi connectivity index (χ1n) is 6.65. The van der Waals surface area contributed by atoms with E-state index in [1.54, 1.807) is 0 Å². The zero-order valence-corrected chi connectivity index (χ0v) is 12.0. The molecular formula is C12H19N5O4. The number of amides is 2. The molecule has 0 aromatic carbocycles. The van der Waals surface area contributed by atoms with Crippen LogP contribution in [0.25, 0.3) is 0 Å². The van der Waals surface area contributed by atoms with Gasteiger partial charge in [-0.2, -0.15) is 0 Å². The Balaban J connectivity index is 2.72. The molecule has 0 spiro atoms. The lowest BCUT2D eigenvalue weighted by molar-refractivity contribution is -0.139. The van der Waals surface area contributed by atoms with Gasteiger partial charge >= 0.3 is 12.0 Å². The largest absolute Gasteiger partial charge is 0.480 e. The average Bonchev–Trinajstić information content (AvgIpc) is 2.46. The molecule has 0 saturated heterocycles. The summed E-state index contributed by atoms with van der Waals surface area (Å²) in [6.45, 7) is 3.49. The second-order valence-corrected chi connectivity index (χ2v) is 4.24. The van der Waals surface area contributed by atoms with E-state index in [2.05, 4.69) is 25.8 Å². The Labute approximate surface area is 121 Å². The van der Waals surface area contributed by atoms with Crippen molar-refractivity contribution in [1.82, 2.24) is 20.5 Å². The van der Waals surface area contributed by atoms with Gasteiger partial charge in [-0.25, -0.2) is 14.6 Å². The van der Waals surface area contributed by atoms with Crippen LogP contribution >= 0.6 is 0 Å². The van der Waals surface area contributed by atoms with Crippen molar-refractivity contribution in [2.75, 3.05) is 11.9 Å². The fourth-order valence-corrected chi connectivity index (χ4v) is 1.67. The number of anilines is 1. The number of carboxylic acids is 1. The molecule has 1 rings (SSSR count). The van der Waals surface area contributed by atoms with Crippen LogP contribution in [-0.2, 0) is 17.6 Å². The number of hydrogen-bond donors (Lipinski definition) is 4. The van der Waals surface area contributed by atoms with Crippen LogP contribution in [0.3, 0.4) is 0 Å². The Kier molecular flexibility index (Phi) is 6.47. The van der Waals surface area contributed by atoms with Crippen molar-refractivity contribution in [2.45, 2.75) is 39.2 Å². The van der Waals surface area contributed by atoms with E-state index in [0.717, 1.165) is 11.4 Å². The highest BCUT2D eigenvalue weighted by Crippen LogP contribution is 2.06. The molecule has 0 fully saturated rings. The molecule has 2 amide bonds. The van der Waals surface area contributed by atoms with E-state index in [-0.39, 0.29) is 19.0 Å². The number of urea groups is 1. The van der Waals surface area contributed by atoms with Gasteiger partial charge in [0.25, 0.3) is 5.95 Å². The number of aryl methyl sites for hydroxylation is 2. The maximum absolute atomic E-state index is 11.7. The zero-order valence-electron chi connectivity index (χ0n) is 12.0.